The molecule has 0 radical (unpaired) electrons. The number of alkyl halides is 3. The standard InChI is InChI=1S/C9H6Br2F2N2/c10-4-5-3-6(9(12)13)8(11)15-7(5)1-2-14/h3,9H,1,4H2. The number of aromatic nitrogens is 1. The molecule has 0 N–H and O–H groups in total. The fourth-order valence-electron chi connectivity index (χ4n) is 1.08. The number of nitrogens with zero attached hydrogens (tertiary/aromatic N) is 2. The van der Waals surface area contributed by atoms with Crippen molar-refractivity contribution in [2.24, 2.45) is 0 Å². The maximum absolute atomic E-state index is 12.5. The molecule has 0 aromatic carbocycles. The van der Waals surface area contributed by atoms with Crippen molar-refractivity contribution < 1.29 is 8.78 Å². The number of pyridine rings is 1. The summed E-state index contributed by atoms with van der Waals surface area (Å²) in [6, 6.07) is 3.31. The van der Waals surface area contributed by atoms with Crippen molar-refractivity contribution in [3.63, 3.8) is 0 Å². The van der Waals surface area contributed by atoms with Gasteiger partial charge in [0.1, 0.15) is 4.60 Å². The second kappa shape index (κ2) is 5.52. The van der Waals surface area contributed by atoms with Crippen molar-refractivity contribution in [1.82, 2.24) is 4.98 Å². The van der Waals surface area contributed by atoms with E-state index in [0.717, 1.165) is 0 Å². The number of hydrogen-bond acceptors (Lipinski definition) is 2. The van der Waals surface area contributed by atoms with Gasteiger partial charge in [0, 0.05) is 5.33 Å². The maximum atomic E-state index is 12.5. The zero-order valence-corrected chi connectivity index (χ0v) is 10.6. The summed E-state index contributed by atoms with van der Waals surface area (Å²) >= 11 is 6.14. The smallest absolute Gasteiger partial charge is 0.244 e. The molecule has 15 heavy (non-hydrogen) atoms. The Bertz CT molecular complexity index is 402. The molecular formula is C9H6Br2F2N2. The molecule has 0 aliphatic carbocycles. The Balaban J connectivity index is 3.24. The van der Waals surface area contributed by atoms with Gasteiger partial charge < -0.3 is 0 Å². The largest absolute Gasteiger partial charge is 0.266 e. The Morgan fingerprint density at radius 2 is 2.20 bits per heavy atom. The molecular weight excluding hydrogens is 334 g/mol. The van der Waals surface area contributed by atoms with E-state index in [4.69, 9.17) is 5.26 Å². The van der Waals surface area contributed by atoms with E-state index in [1.54, 1.807) is 0 Å². The molecule has 0 unspecified atom stereocenters. The van der Waals surface area contributed by atoms with Gasteiger partial charge in [-0.25, -0.2) is 13.8 Å². The van der Waals surface area contributed by atoms with Crippen LogP contribution < -0.4 is 0 Å². The molecule has 0 bridgehead atoms. The topological polar surface area (TPSA) is 36.7 Å². The second-order valence-corrected chi connectivity index (χ2v) is 4.06. The van der Waals surface area contributed by atoms with Crippen molar-refractivity contribution in [3.8, 4) is 6.07 Å². The second-order valence-electron chi connectivity index (χ2n) is 2.74. The van der Waals surface area contributed by atoms with Crippen LogP contribution in [0.2, 0.25) is 0 Å². The number of hydrogen-bond donors (Lipinski definition) is 0. The van der Waals surface area contributed by atoms with Gasteiger partial charge in [-0.2, -0.15) is 5.26 Å². The molecule has 0 amide bonds. The molecule has 6 heteroatoms. The normalized spacial score (nSPS) is 10.4. The lowest BCUT2D eigenvalue weighted by Gasteiger charge is -2.08. The summed E-state index contributed by atoms with van der Waals surface area (Å²) in [5.41, 5.74) is 0.992. The molecule has 80 valence electrons. The summed E-state index contributed by atoms with van der Waals surface area (Å²) in [7, 11) is 0. The van der Waals surface area contributed by atoms with Crippen molar-refractivity contribution in [2.75, 3.05) is 0 Å². The van der Waals surface area contributed by atoms with Crippen LogP contribution in [0, 0.1) is 11.3 Å². The third kappa shape index (κ3) is 2.95. The molecule has 1 aromatic heterocycles. The minimum absolute atomic E-state index is 0.104. The molecule has 0 aliphatic heterocycles. The molecule has 0 saturated heterocycles. The zero-order valence-electron chi connectivity index (χ0n) is 7.48. The van der Waals surface area contributed by atoms with Crippen molar-refractivity contribution in [1.29, 1.82) is 5.26 Å². The van der Waals surface area contributed by atoms with Crippen LogP contribution in [0.15, 0.2) is 10.7 Å². The summed E-state index contributed by atoms with van der Waals surface area (Å²) in [4.78, 5) is 3.94. The Hall–Kier alpha value is -0.540. The van der Waals surface area contributed by atoms with Gasteiger partial charge in [-0.3, -0.25) is 0 Å². The van der Waals surface area contributed by atoms with E-state index < -0.39 is 6.43 Å². The van der Waals surface area contributed by atoms with Crippen LogP contribution in [0.5, 0.6) is 0 Å². The van der Waals surface area contributed by atoms with E-state index in [0.29, 0.717) is 16.6 Å². The van der Waals surface area contributed by atoms with E-state index in [9.17, 15) is 8.78 Å². The predicted octanol–water partition coefficient (Wildman–Crippen LogP) is 3.74. The highest BCUT2D eigenvalue weighted by Gasteiger charge is 2.16. The van der Waals surface area contributed by atoms with Crippen molar-refractivity contribution in [2.45, 2.75) is 18.2 Å². The van der Waals surface area contributed by atoms with Gasteiger partial charge in [-0.15, -0.1) is 0 Å². The highest BCUT2D eigenvalue weighted by Crippen LogP contribution is 2.28. The van der Waals surface area contributed by atoms with E-state index in [2.05, 4.69) is 36.8 Å². The Morgan fingerprint density at radius 1 is 1.53 bits per heavy atom. The van der Waals surface area contributed by atoms with Gasteiger partial charge in [0.05, 0.1) is 23.7 Å². The quantitative estimate of drug-likeness (QED) is 0.621. The molecule has 0 atom stereocenters. The third-order valence-electron chi connectivity index (χ3n) is 1.80. The van der Waals surface area contributed by atoms with Crippen LogP contribution in [-0.4, -0.2) is 4.98 Å². The van der Waals surface area contributed by atoms with Gasteiger partial charge in [-0.1, -0.05) is 15.9 Å². The monoisotopic (exact) mass is 338 g/mol. The molecule has 0 saturated carbocycles. The molecule has 0 spiro atoms. The Morgan fingerprint density at radius 3 is 2.67 bits per heavy atom. The van der Waals surface area contributed by atoms with Crippen LogP contribution in [0.3, 0.4) is 0 Å². The first-order chi connectivity index (χ1) is 7.10. The number of rotatable bonds is 3. The molecule has 1 rings (SSSR count). The van der Waals surface area contributed by atoms with Gasteiger partial charge in [0.15, 0.2) is 0 Å². The summed E-state index contributed by atoms with van der Waals surface area (Å²) in [5.74, 6) is 0. The Kier molecular flexibility index (Phi) is 4.61. The van der Waals surface area contributed by atoms with Gasteiger partial charge >= 0.3 is 0 Å². The van der Waals surface area contributed by atoms with Crippen LogP contribution >= 0.6 is 31.9 Å². The van der Waals surface area contributed by atoms with Gasteiger partial charge in [0.2, 0.25) is 0 Å². The summed E-state index contributed by atoms with van der Waals surface area (Å²) in [6.07, 6.45) is -2.45. The average Bonchev–Trinajstić information content (AvgIpc) is 2.18. The van der Waals surface area contributed by atoms with Gasteiger partial charge in [-0.05, 0) is 27.6 Å². The SMILES string of the molecule is N#CCc1nc(Br)c(C(F)F)cc1CBr. The fraction of sp³-hybridized carbons (Fsp3) is 0.333. The summed E-state index contributed by atoms with van der Waals surface area (Å²) in [6.45, 7) is 0. The van der Waals surface area contributed by atoms with Crippen molar-refractivity contribution in [3.05, 3.63) is 27.5 Å². The van der Waals surface area contributed by atoms with Crippen LogP contribution in [0.4, 0.5) is 8.78 Å². The van der Waals surface area contributed by atoms with E-state index in [1.807, 2.05) is 6.07 Å². The lowest BCUT2D eigenvalue weighted by Crippen LogP contribution is -2.00. The zero-order chi connectivity index (χ0) is 11.4. The number of nitriles is 1. The molecule has 2 nitrogen and oxygen atoms in total. The first-order valence-corrected chi connectivity index (χ1v) is 5.90. The maximum Gasteiger partial charge on any atom is 0.266 e. The van der Waals surface area contributed by atoms with Crippen LogP contribution in [0.1, 0.15) is 23.2 Å². The first-order valence-electron chi connectivity index (χ1n) is 3.99. The minimum atomic E-state index is -2.57. The van der Waals surface area contributed by atoms with E-state index in [-0.39, 0.29) is 16.6 Å². The molecule has 1 heterocycles. The highest BCUT2D eigenvalue weighted by atomic mass is 79.9. The number of halogens is 4. The van der Waals surface area contributed by atoms with Crippen LogP contribution in [0.25, 0.3) is 0 Å². The molecule has 1 aromatic rings. The average molecular weight is 340 g/mol. The van der Waals surface area contributed by atoms with Crippen molar-refractivity contribution >= 4 is 31.9 Å². The summed E-state index contributed by atoms with van der Waals surface area (Å²) < 4.78 is 25.1. The lowest BCUT2D eigenvalue weighted by molar-refractivity contribution is 0.150. The summed E-state index contributed by atoms with van der Waals surface area (Å²) in [5, 5.41) is 8.95. The van der Waals surface area contributed by atoms with Crippen LogP contribution in [-0.2, 0) is 11.8 Å². The molecule has 0 aliphatic rings. The first kappa shape index (κ1) is 12.5. The van der Waals surface area contributed by atoms with Gasteiger partial charge in [0.25, 0.3) is 6.43 Å². The van der Waals surface area contributed by atoms with E-state index >= 15 is 0 Å². The lowest BCUT2D eigenvalue weighted by atomic mass is 10.1. The molecule has 0 fully saturated rings. The van der Waals surface area contributed by atoms with E-state index in [1.165, 1.54) is 6.07 Å². The predicted molar refractivity (Wildman–Crippen MR) is 58.8 cm³/mol. The Labute approximate surface area is 103 Å². The third-order valence-corrected chi connectivity index (χ3v) is 3.04. The minimum Gasteiger partial charge on any atom is -0.244 e. The fourth-order valence-corrected chi connectivity index (χ4v) is 2.07. The highest BCUT2D eigenvalue weighted by molar-refractivity contribution is 9.10.